The lowest BCUT2D eigenvalue weighted by Crippen LogP contribution is -2.62. The number of hydrogen-bond acceptors (Lipinski definition) is 6. The minimum atomic E-state index is -0.715. The van der Waals surface area contributed by atoms with Crippen molar-refractivity contribution in [2.45, 2.75) is 83.0 Å². The Labute approximate surface area is 219 Å². The largest absolute Gasteiger partial charge is 0.511 e. The summed E-state index contributed by atoms with van der Waals surface area (Å²) in [6.45, 7) is 4.58. The van der Waals surface area contributed by atoms with Crippen molar-refractivity contribution in [2.24, 2.45) is 5.92 Å². The molecule has 2 aromatic carbocycles. The van der Waals surface area contributed by atoms with Gasteiger partial charge in [0.2, 0.25) is 6.79 Å². The summed E-state index contributed by atoms with van der Waals surface area (Å²) in [5.74, 6) is 1.10. The lowest BCUT2D eigenvalue weighted by atomic mass is 9.52. The molecule has 1 saturated heterocycles. The van der Waals surface area contributed by atoms with Gasteiger partial charge in [0.25, 0.3) is 0 Å². The van der Waals surface area contributed by atoms with E-state index in [-0.39, 0.29) is 30.4 Å². The van der Waals surface area contributed by atoms with Crippen molar-refractivity contribution in [3.8, 4) is 5.75 Å². The Morgan fingerprint density at radius 1 is 1.08 bits per heavy atom. The van der Waals surface area contributed by atoms with E-state index in [2.05, 4.69) is 12.1 Å². The molecule has 37 heavy (non-hydrogen) atoms. The van der Waals surface area contributed by atoms with Gasteiger partial charge in [0, 0.05) is 18.0 Å². The molecule has 1 amide bonds. The molecule has 2 aromatic rings. The summed E-state index contributed by atoms with van der Waals surface area (Å²) in [6.07, 6.45) is 5.97. The summed E-state index contributed by atoms with van der Waals surface area (Å²) < 4.78 is 21.8. The van der Waals surface area contributed by atoms with Crippen LogP contribution in [0.1, 0.15) is 69.1 Å². The molecule has 1 saturated carbocycles. The molecule has 1 unspecified atom stereocenters. The normalized spacial score (nSPS) is 24.8. The van der Waals surface area contributed by atoms with Crippen molar-refractivity contribution >= 4 is 12.2 Å². The summed E-state index contributed by atoms with van der Waals surface area (Å²) in [5.41, 5.74) is 3.65. The fourth-order valence-electron chi connectivity index (χ4n) is 6.53. The molecule has 2 fully saturated rings. The first kappa shape index (κ1) is 25.4. The van der Waals surface area contributed by atoms with Crippen LogP contribution in [-0.4, -0.2) is 42.6 Å². The van der Waals surface area contributed by atoms with Gasteiger partial charge in [-0.2, -0.15) is 0 Å². The van der Waals surface area contributed by atoms with E-state index in [4.69, 9.17) is 18.9 Å². The second-order valence-corrected chi connectivity index (χ2v) is 10.6. The summed E-state index contributed by atoms with van der Waals surface area (Å²) >= 11 is 0. The summed E-state index contributed by atoms with van der Waals surface area (Å²) in [6, 6.07) is 16.2. The van der Waals surface area contributed by atoms with Crippen LogP contribution in [0.3, 0.4) is 0 Å². The van der Waals surface area contributed by atoms with Gasteiger partial charge in [0.1, 0.15) is 18.5 Å². The second kappa shape index (κ2) is 11.0. The maximum Gasteiger partial charge on any atom is 0.511 e. The van der Waals surface area contributed by atoms with Crippen LogP contribution >= 0.6 is 0 Å². The van der Waals surface area contributed by atoms with Crippen LogP contribution in [-0.2, 0) is 32.7 Å². The lowest BCUT2D eigenvalue weighted by Gasteiger charge is -2.58. The van der Waals surface area contributed by atoms with Crippen LogP contribution in [0.4, 0.5) is 9.59 Å². The molecule has 0 aromatic heterocycles. The van der Waals surface area contributed by atoms with Gasteiger partial charge in [-0.15, -0.1) is 0 Å². The second-order valence-electron chi connectivity index (χ2n) is 10.6. The fourth-order valence-corrected chi connectivity index (χ4v) is 6.53. The van der Waals surface area contributed by atoms with Crippen LogP contribution in [0, 0.1) is 5.92 Å². The van der Waals surface area contributed by atoms with Crippen LogP contribution in [0.5, 0.6) is 5.75 Å². The third-order valence-electron chi connectivity index (χ3n) is 8.52. The number of carbonyl (C=O) groups is 2. The molecule has 5 rings (SSSR count). The van der Waals surface area contributed by atoms with Crippen LogP contribution in [0.25, 0.3) is 0 Å². The van der Waals surface area contributed by atoms with Crippen LogP contribution < -0.4 is 4.74 Å². The van der Waals surface area contributed by atoms with Crippen molar-refractivity contribution in [3.05, 3.63) is 65.2 Å². The number of fused-ring (bicyclic) bond motifs is 1. The highest BCUT2D eigenvalue weighted by atomic mass is 16.8. The van der Waals surface area contributed by atoms with E-state index in [1.54, 1.807) is 0 Å². The third kappa shape index (κ3) is 5.27. The average molecular weight is 508 g/mol. The van der Waals surface area contributed by atoms with Gasteiger partial charge >= 0.3 is 12.2 Å². The van der Waals surface area contributed by atoms with Gasteiger partial charge in [-0.05, 0) is 73.8 Å². The van der Waals surface area contributed by atoms with E-state index in [0.29, 0.717) is 24.8 Å². The molecule has 1 heterocycles. The topological polar surface area (TPSA) is 74.3 Å². The molecule has 0 spiro atoms. The third-order valence-corrected chi connectivity index (χ3v) is 8.52. The molecule has 1 aliphatic heterocycles. The summed E-state index contributed by atoms with van der Waals surface area (Å²) in [7, 11) is 0. The number of benzene rings is 2. The van der Waals surface area contributed by atoms with Gasteiger partial charge < -0.3 is 23.8 Å². The first-order chi connectivity index (χ1) is 18.0. The van der Waals surface area contributed by atoms with Crippen molar-refractivity contribution in [1.82, 2.24) is 4.90 Å². The lowest BCUT2D eigenvalue weighted by molar-refractivity contribution is -0.0163. The van der Waals surface area contributed by atoms with Gasteiger partial charge in [0.15, 0.2) is 0 Å². The summed E-state index contributed by atoms with van der Waals surface area (Å²) in [5, 5.41) is 0. The van der Waals surface area contributed by atoms with Gasteiger partial charge in [-0.1, -0.05) is 56.2 Å². The van der Waals surface area contributed by atoms with E-state index in [9.17, 15) is 9.59 Å². The van der Waals surface area contributed by atoms with E-state index in [1.807, 2.05) is 55.1 Å². The molecule has 198 valence electrons. The molecule has 3 aliphatic rings. The maximum atomic E-state index is 13.2. The maximum absolute atomic E-state index is 13.2. The quantitative estimate of drug-likeness (QED) is 0.320. The Kier molecular flexibility index (Phi) is 7.58. The number of piperidine rings is 1. The first-order valence-electron chi connectivity index (χ1n) is 13.6. The number of hydrogen-bond donors (Lipinski definition) is 0. The van der Waals surface area contributed by atoms with Crippen LogP contribution in [0.15, 0.2) is 48.5 Å². The zero-order valence-corrected chi connectivity index (χ0v) is 21.8. The minimum Gasteiger partial charge on any atom is -0.457 e. The average Bonchev–Trinajstić information content (AvgIpc) is 2.92. The Hall–Kier alpha value is -3.22. The van der Waals surface area contributed by atoms with Crippen molar-refractivity contribution in [3.63, 3.8) is 0 Å². The molecule has 4 atom stereocenters. The number of rotatable bonds is 7. The summed E-state index contributed by atoms with van der Waals surface area (Å²) in [4.78, 5) is 27.0. The van der Waals surface area contributed by atoms with Crippen molar-refractivity contribution < 1.29 is 28.5 Å². The van der Waals surface area contributed by atoms with E-state index in [0.717, 1.165) is 37.7 Å². The molecule has 2 aliphatic carbocycles. The number of ether oxygens (including phenoxy) is 4. The predicted octanol–water partition coefficient (Wildman–Crippen LogP) is 6.37. The van der Waals surface area contributed by atoms with E-state index in [1.165, 1.54) is 24.0 Å². The van der Waals surface area contributed by atoms with Crippen molar-refractivity contribution in [1.29, 1.82) is 0 Å². The molecule has 2 bridgehead atoms. The standard InChI is InChI=1S/C30H37NO6/c1-3-21(2)37-29(33)36-20-35-24-13-12-23-17-27-25-11-7-8-14-30(25,26(23)18-24)15-16-31(27)28(32)34-19-22-9-5-4-6-10-22/h4-6,9-10,12-13,18,21,25,27H,3,7-8,11,14-17,19-20H2,1-2H3/t21?,25-,27+,30+/m1/s1. The minimum absolute atomic E-state index is 0.0441. The number of carbonyl (C=O) groups excluding carboxylic acids is 2. The van der Waals surface area contributed by atoms with Crippen LogP contribution in [0.2, 0.25) is 0 Å². The van der Waals surface area contributed by atoms with Gasteiger partial charge in [-0.25, -0.2) is 9.59 Å². The number of likely N-dealkylation sites (tertiary alicyclic amines) is 1. The SMILES string of the molecule is CCC(C)OC(=O)OCOc1ccc2c(c1)[C@]13CCCC[C@@H]1[C@H](C2)N(C(=O)OCc1ccccc1)CC3. The number of nitrogens with zero attached hydrogens (tertiary/aromatic N) is 1. The fraction of sp³-hybridized carbons (Fsp3) is 0.533. The highest BCUT2D eigenvalue weighted by Crippen LogP contribution is 2.56. The van der Waals surface area contributed by atoms with Gasteiger partial charge in [-0.3, -0.25) is 0 Å². The van der Waals surface area contributed by atoms with Crippen molar-refractivity contribution in [2.75, 3.05) is 13.3 Å². The Bertz CT molecular complexity index is 1100. The highest BCUT2D eigenvalue weighted by molar-refractivity contribution is 5.69. The van der Waals surface area contributed by atoms with E-state index < -0.39 is 6.16 Å². The van der Waals surface area contributed by atoms with E-state index >= 15 is 0 Å². The highest BCUT2D eigenvalue weighted by Gasteiger charge is 2.55. The molecule has 0 N–H and O–H groups in total. The molecule has 7 heteroatoms. The zero-order valence-electron chi connectivity index (χ0n) is 21.8. The Balaban J connectivity index is 1.29. The first-order valence-corrected chi connectivity index (χ1v) is 13.6. The Morgan fingerprint density at radius 2 is 1.92 bits per heavy atom. The molecular formula is C30H37NO6. The zero-order chi connectivity index (χ0) is 25.8. The molecular weight excluding hydrogens is 470 g/mol. The van der Waals surface area contributed by atoms with Gasteiger partial charge in [0.05, 0.1) is 0 Å². The molecule has 7 nitrogen and oxygen atoms in total. The Morgan fingerprint density at radius 3 is 2.73 bits per heavy atom. The smallest absolute Gasteiger partial charge is 0.457 e. The predicted molar refractivity (Wildman–Crippen MR) is 138 cm³/mol. The molecule has 0 radical (unpaired) electrons. The number of amides is 1. The monoisotopic (exact) mass is 507 g/mol.